The fourth-order valence-corrected chi connectivity index (χ4v) is 2.71. The topological polar surface area (TPSA) is 142 Å². The van der Waals surface area contributed by atoms with Crippen molar-refractivity contribution in [2.24, 2.45) is 0 Å². The van der Waals surface area contributed by atoms with Crippen LogP contribution in [0.15, 0.2) is 53.3 Å². The highest BCUT2D eigenvalue weighted by molar-refractivity contribution is 6.05. The average molecular weight is 409 g/mol. The summed E-state index contributed by atoms with van der Waals surface area (Å²) < 4.78 is 5.39. The van der Waals surface area contributed by atoms with Gasteiger partial charge in [-0.25, -0.2) is 5.10 Å². The van der Waals surface area contributed by atoms with Crippen molar-refractivity contribution in [3.8, 4) is 5.75 Å². The molecule has 0 atom stereocenters. The SMILES string of the molecule is CCOc1ccccc1C(=O)NCC(=O)NNC(=O)c1n[nH]c(=O)c2ccccc12. The summed E-state index contributed by atoms with van der Waals surface area (Å²) in [6.45, 7) is 1.81. The summed E-state index contributed by atoms with van der Waals surface area (Å²) in [5.41, 5.74) is 4.20. The third-order valence-corrected chi connectivity index (χ3v) is 4.07. The van der Waals surface area contributed by atoms with E-state index in [0.29, 0.717) is 28.7 Å². The molecule has 0 bridgehead atoms. The van der Waals surface area contributed by atoms with E-state index in [9.17, 15) is 19.2 Å². The number of H-pyrrole nitrogens is 1. The van der Waals surface area contributed by atoms with E-state index in [1.54, 1.807) is 55.5 Å². The molecule has 2 aromatic carbocycles. The minimum atomic E-state index is -0.719. The molecular weight excluding hydrogens is 390 g/mol. The lowest BCUT2D eigenvalue weighted by molar-refractivity contribution is -0.120. The van der Waals surface area contributed by atoms with Crippen LogP contribution in [-0.2, 0) is 4.79 Å². The third-order valence-electron chi connectivity index (χ3n) is 4.07. The van der Waals surface area contributed by atoms with Crippen molar-refractivity contribution in [2.45, 2.75) is 6.92 Å². The monoisotopic (exact) mass is 409 g/mol. The molecule has 154 valence electrons. The van der Waals surface area contributed by atoms with Gasteiger partial charge in [-0.3, -0.25) is 30.0 Å². The standard InChI is InChI=1S/C20H19N5O5/c1-2-30-15-10-6-5-9-14(15)18(27)21-11-16(26)22-25-20(29)17-12-7-3-4-8-13(12)19(28)24-23-17/h3-10H,2,11H2,1H3,(H,21,27)(H,22,26)(H,24,28)(H,25,29). The molecule has 0 unspecified atom stereocenters. The van der Waals surface area contributed by atoms with Crippen LogP contribution in [0, 0.1) is 0 Å². The van der Waals surface area contributed by atoms with Gasteiger partial charge in [0.25, 0.3) is 23.3 Å². The van der Waals surface area contributed by atoms with Crippen LogP contribution in [0.5, 0.6) is 5.75 Å². The summed E-state index contributed by atoms with van der Waals surface area (Å²) in [7, 11) is 0. The maximum Gasteiger partial charge on any atom is 0.290 e. The number of carbonyl (C=O) groups excluding carboxylic acids is 3. The van der Waals surface area contributed by atoms with Crippen molar-refractivity contribution in [3.05, 3.63) is 70.1 Å². The first-order valence-corrected chi connectivity index (χ1v) is 9.08. The molecule has 0 saturated carbocycles. The van der Waals surface area contributed by atoms with E-state index in [-0.39, 0.29) is 12.2 Å². The second kappa shape index (κ2) is 9.32. The number of fused-ring (bicyclic) bond motifs is 1. The number of aromatic nitrogens is 2. The molecule has 0 fully saturated rings. The minimum absolute atomic E-state index is 0.0554. The Hall–Kier alpha value is -4.21. The number of amides is 3. The Morgan fingerprint density at radius 1 is 0.967 bits per heavy atom. The zero-order valence-electron chi connectivity index (χ0n) is 16.0. The van der Waals surface area contributed by atoms with Gasteiger partial charge in [0.2, 0.25) is 0 Å². The molecule has 0 aliphatic rings. The number of nitrogens with one attached hydrogen (secondary N) is 4. The lowest BCUT2D eigenvalue weighted by Gasteiger charge is -2.11. The fraction of sp³-hybridized carbons (Fsp3) is 0.150. The molecule has 3 aromatic rings. The Labute approximate surface area is 170 Å². The van der Waals surface area contributed by atoms with Crippen molar-refractivity contribution in [1.82, 2.24) is 26.4 Å². The van der Waals surface area contributed by atoms with E-state index in [1.165, 1.54) is 0 Å². The van der Waals surface area contributed by atoms with Gasteiger partial charge in [-0.05, 0) is 25.1 Å². The number of ether oxygens (including phenoxy) is 1. The third kappa shape index (κ3) is 4.61. The molecule has 1 heterocycles. The normalized spacial score (nSPS) is 10.3. The van der Waals surface area contributed by atoms with E-state index in [2.05, 4.69) is 26.4 Å². The van der Waals surface area contributed by atoms with Crippen molar-refractivity contribution in [1.29, 1.82) is 0 Å². The predicted octanol–water partition coefficient (Wildman–Crippen LogP) is 0.513. The van der Waals surface area contributed by atoms with Crippen LogP contribution >= 0.6 is 0 Å². The average Bonchev–Trinajstić information content (AvgIpc) is 2.77. The Morgan fingerprint density at radius 3 is 2.43 bits per heavy atom. The molecule has 0 saturated heterocycles. The number of hydrogen-bond donors (Lipinski definition) is 4. The molecule has 3 amide bonds. The van der Waals surface area contributed by atoms with Crippen LogP contribution in [0.4, 0.5) is 0 Å². The quantitative estimate of drug-likeness (QED) is 0.437. The number of benzene rings is 2. The number of nitrogens with zero attached hydrogens (tertiary/aromatic N) is 1. The zero-order valence-corrected chi connectivity index (χ0v) is 16.0. The van der Waals surface area contributed by atoms with Crippen molar-refractivity contribution < 1.29 is 19.1 Å². The van der Waals surface area contributed by atoms with Gasteiger partial charge < -0.3 is 10.1 Å². The highest BCUT2D eigenvalue weighted by Crippen LogP contribution is 2.17. The molecule has 4 N–H and O–H groups in total. The Bertz CT molecular complexity index is 1160. The van der Waals surface area contributed by atoms with E-state index >= 15 is 0 Å². The van der Waals surface area contributed by atoms with Gasteiger partial charge in [0.15, 0.2) is 5.69 Å². The highest BCUT2D eigenvalue weighted by atomic mass is 16.5. The molecule has 10 heteroatoms. The molecule has 0 spiro atoms. The Kier molecular flexibility index (Phi) is 6.38. The Balaban J connectivity index is 1.58. The predicted molar refractivity (Wildman–Crippen MR) is 108 cm³/mol. The van der Waals surface area contributed by atoms with Crippen LogP contribution in [-0.4, -0.2) is 41.1 Å². The van der Waals surface area contributed by atoms with Crippen LogP contribution < -0.4 is 26.5 Å². The first-order valence-electron chi connectivity index (χ1n) is 9.08. The maximum atomic E-state index is 12.3. The van der Waals surface area contributed by atoms with E-state index in [0.717, 1.165) is 0 Å². The summed E-state index contributed by atoms with van der Waals surface area (Å²) in [6, 6.07) is 13.1. The number of rotatable bonds is 6. The molecule has 0 radical (unpaired) electrons. The molecule has 30 heavy (non-hydrogen) atoms. The second-order valence-corrected chi connectivity index (χ2v) is 6.06. The van der Waals surface area contributed by atoms with Gasteiger partial charge >= 0.3 is 0 Å². The largest absolute Gasteiger partial charge is 0.493 e. The molecule has 3 rings (SSSR count). The molecule has 10 nitrogen and oxygen atoms in total. The van der Waals surface area contributed by atoms with Gasteiger partial charge in [0, 0.05) is 5.39 Å². The summed E-state index contributed by atoms with van der Waals surface area (Å²) >= 11 is 0. The van der Waals surface area contributed by atoms with Crippen molar-refractivity contribution in [2.75, 3.05) is 13.2 Å². The van der Waals surface area contributed by atoms with E-state index in [4.69, 9.17) is 4.74 Å². The van der Waals surface area contributed by atoms with Gasteiger partial charge in [-0.2, -0.15) is 5.10 Å². The van der Waals surface area contributed by atoms with Crippen molar-refractivity contribution >= 4 is 28.5 Å². The van der Waals surface area contributed by atoms with E-state index < -0.39 is 23.3 Å². The van der Waals surface area contributed by atoms with Gasteiger partial charge in [0.05, 0.1) is 24.1 Å². The smallest absolute Gasteiger partial charge is 0.290 e. The second-order valence-electron chi connectivity index (χ2n) is 6.06. The molecular formula is C20H19N5O5. The Morgan fingerprint density at radius 2 is 1.67 bits per heavy atom. The van der Waals surface area contributed by atoms with Crippen LogP contribution in [0.2, 0.25) is 0 Å². The molecule has 0 aliphatic carbocycles. The highest BCUT2D eigenvalue weighted by Gasteiger charge is 2.16. The number of hydrazine groups is 1. The lowest BCUT2D eigenvalue weighted by Crippen LogP contribution is -2.46. The van der Waals surface area contributed by atoms with E-state index in [1.807, 2.05) is 0 Å². The zero-order chi connectivity index (χ0) is 21.5. The number of aromatic amines is 1. The van der Waals surface area contributed by atoms with Crippen LogP contribution in [0.25, 0.3) is 10.8 Å². The summed E-state index contributed by atoms with van der Waals surface area (Å²) in [4.78, 5) is 48.4. The van der Waals surface area contributed by atoms with Crippen LogP contribution in [0.3, 0.4) is 0 Å². The first kappa shape index (κ1) is 20.5. The summed E-state index contributed by atoms with van der Waals surface area (Å²) in [5.74, 6) is -1.46. The number of carbonyl (C=O) groups is 3. The fourth-order valence-electron chi connectivity index (χ4n) is 2.71. The maximum absolute atomic E-state index is 12.3. The number of hydrogen-bond acceptors (Lipinski definition) is 6. The number of para-hydroxylation sites is 1. The van der Waals surface area contributed by atoms with Gasteiger partial charge in [-0.15, -0.1) is 0 Å². The summed E-state index contributed by atoms with van der Waals surface area (Å²) in [6.07, 6.45) is 0. The summed E-state index contributed by atoms with van der Waals surface area (Å²) in [5, 5.41) is 9.07. The van der Waals surface area contributed by atoms with Crippen molar-refractivity contribution in [3.63, 3.8) is 0 Å². The molecule has 1 aromatic heterocycles. The first-order chi connectivity index (χ1) is 14.5. The lowest BCUT2D eigenvalue weighted by atomic mass is 10.1. The molecule has 0 aliphatic heterocycles. The van der Waals surface area contributed by atoms with Gasteiger partial charge in [0.1, 0.15) is 5.75 Å². The minimum Gasteiger partial charge on any atom is -0.493 e. The van der Waals surface area contributed by atoms with Crippen LogP contribution in [0.1, 0.15) is 27.8 Å². The van der Waals surface area contributed by atoms with Gasteiger partial charge in [-0.1, -0.05) is 30.3 Å².